The van der Waals surface area contributed by atoms with E-state index >= 15 is 0 Å². The monoisotopic (exact) mass is 432 g/mol. The summed E-state index contributed by atoms with van der Waals surface area (Å²) in [6.07, 6.45) is 0.539. The largest absolute Gasteiger partial charge is 0.341 e. The van der Waals surface area contributed by atoms with Gasteiger partial charge in [0.1, 0.15) is 15.6 Å². The quantitative estimate of drug-likeness (QED) is 0.605. The van der Waals surface area contributed by atoms with E-state index in [1.807, 2.05) is 6.92 Å². The Balaban J connectivity index is 1.72. The first-order valence-corrected chi connectivity index (χ1v) is 11.3. The van der Waals surface area contributed by atoms with E-state index in [0.717, 1.165) is 22.5 Å². The van der Waals surface area contributed by atoms with Crippen molar-refractivity contribution in [2.24, 2.45) is 0 Å². The number of amides is 1. The second-order valence-corrected chi connectivity index (χ2v) is 9.26. The van der Waals surface area contributed by atoms with Crippen LogP contribution >= 0.6 is 11.3 Å². The van der Waals surface area contributed by atoms with Crippen molar-refractivity contribution >= 4 is 33.0 Å². The number of nitrogens with one attached hydrogen (secondary N) is 1. The van der Waals surface area contributed by atoms with Crippen molar-refractivity contribution in [3.63, 3.8) is 0 Å². The van der Waals surface area contributed by atoms with Crippen molar-refractivity contribution in [2.75, 3.05) is 18.3 Å². The molecule has 3 aromatic rings. The Morgan fingerprint density at radius 3 is 2.38 bits per heavy atom. The zero-order valence-corrected chi connectivity index (χ0v) is 17.7. The van der Waals surface area contributed by atoms with E-state index < -0.39 is 10.0 Å². The van der Waals surface area contributed by atoms with Crippen molar-refractivity contribution in [1.82, 2.24) is 4.90 Å². The van der Waals surface area contributed by atoms with E-state index in [1.165, 1.54) is 23.1 Å². The molecule has 1 heterocycles. The first-order chi connectivity index (χ1) is 13.8. The molecule has 1 N–H and O–H groups in total. The van der Waals surface area contributed by atoms with Gasteiger partial charge in [-0.3, -0.25) is 9.52 Å². The van der Waals surface area contributed by atoms with Gasteiger partial charge < -0.3 is 4.90 Å². The average Bonchev–Trinajstić information content (AvgIpc) is 3.19. The van der Waals surface area contributed by atoms with Gasteiger partial charge in [0, 0.05) is 19.3 Å². The van der Waals surface area contributed by atoms with Gasteiger partial charge in [0.2, 0.25) is 0 Å². The Kier molecular flexibility index (Phi) is 6.34. The SMILES string of the molecule is Cc1ccc(NS(=O)(=O)c2ccsc2C(=O)N(C)CCc2ccc(F)cc2)cc1. The topological polar surface area (TPSA) is 66.5 Å². The van der Waals surface area contributed by atoms with Crippen LogP contribution in [0.15, 0.2) is 64.9 Å². The number of rotatable bonds is 7. The predicted molar refractivity (Wildman–Crippen MR) is 113 cm³/mol. The molecule has 0 bridgehead atoms. The molecule has 152 valence electrons. The van der Waals surface area contributed by atoms with Crippen LogP contribution in [0.2, 0.25) is 0 Å². The highest BCUT2D eigenvalue weighted by molar-refractivity contribution is 7.93. The van der Waals surface area contributed by atoms with Gasteiger partial charge in [-0.05, 0) is 54.6 Å². The van der Waals surface area contributed by atoms with Gasteiger partial charge in [-0.25, -0.2) is 12.8 Å². The second-order valence-electron chi connectivity index (χ2n) is 6.69. The lowest BCUT2D eigenvalue weighted by molar-refractivity contribution is 0.0798. The standard InChI is InChI=1S/C21H21FN2O3S2/c1-15-3-9-18(10-4-15)23-29(26,27)19-12-14-28-20(19)21(25)24(2)13-11-16-5-7-17(22)8-6-16/h3-10,12,14,23H,11,13H2,1-2H3. The summed E-state index contributed by atoms with van der Waals surface area (Å²) in [7, 11) is -2.27. The molecule has 2 aromatic carbocycles. The second kappa shape index (κ2) is 8.75. The molecule has 5 nitrogen and oxygen atoms in total. The zero-order valence-electron chi connectivity index (χ0n) is 16.1. The third kappa shape index (κ3) is 5.21. The Labute approximate surface area is 173 Å². The molecule has 0 aliphatic carbocycles. The van der Waals surface area contributed by atoms with Crippen LogP contribution in [0.5, 0.6) is 0 Å². The Morgan fingerprint density at radius 1 is 1.07 bits per heavy atom. The summed E-state index contributed by atoms with van der Waals surface area (Å²) in [5.74, 6) is -0.681. The molecule has 1 aromatic heterocycles. The Morgan fingerprint density at radius 2 is 1.72 bits per heavy atom. The van der Waals surface area contributed by atoms with Gasteiger partial charge in [-0.2, -0.15) is 0 Å². The normalized spacial score (nSPS) is 11.3. The first-order valence-electron chi connectivity index (χ1n) is 8.93. The number of sulfonamides is 1. The summed E-state index contributed by atoms with van der Waals surface area (Å²) in [6, 6.07) is 14.5. The smallest absolute Gasteiger partial charge is 0.265 e. The summed E-state index contributed by atoms with van der Waals surface area (Å²) in [5.41, 5.74) is 2.35. The molecule has 3 rings (SSSR count). The molecule has 0 spiro atoms. The predicted octanol–water partition coefficient (Wildman–Crippen LogP) is 4.31. The van der Waals surface area contributed by atoms with Crippen LogP contribution in [0.25, 0.3) is 0 Å². The van der Waals surface area contributed by atoms with Crippen molar-refractivity contribution in [3.05, 3.63) is 81.8 Å². The number of halogens is 1. The van der Waals surface area contributed by atoms with Crippen LogP contribution in [0.3, 0.4) is 0 Å². The zero-order chi connectivity index (χ0) is 21.0. The number of thiophene rings is 1. The highest BCUT2D eigenvalue weighted by Crippen LogP contribution is 2.26. The molecule has 29 heavy (non-hydrogen) atoms. The Hall–Kier alpha value is -2.71. The van der Waals surface area contributed by atoms with E-state index in [2.05, 4.69) is 4.72 Å². The van der Waals surface area contributed by atoms with E-state index in [-0.39, 0.29) is 21.5 Å². The molecule has 0 aliphatic heterocycles. The third-order valence-electron chi connectivity index (χ3n) is 4.41. The summed E-state index contributed by atoms with van der Waals surface area (Å²) >= 11 is 1.09. The van der Waals surface area contributed by atoms with Crippen LogP contribution in [-0.4, -0.2) is 32.8 Å². The van der Waals surface area contributed by atoms with Crippen molar-refractivity contribution in [2.45, 2.75) is 18.2 Å². The molecule has 0 unspecified atom stereocenters. The van der Waals surface area contributed by atoms with E-state index in [1.54, 1.807) is 48.8 Å². The van der Waals surface area contributed by atoms with Gasteiger partial charge >= 0.3 is 0 Å². The fourth-order valence-electron chi connectivity index (χ4n) is 2.72. The highest BCUT2D eigenvalue weighted by atomic mass is 32.2. The first kappa shape index (κ1) is 21.0. The minimum Gasteiger partial charge on any atom is -0.341 e. The number of nitrogens with zero attached hydrogens (tertiary/aromatic N) is 1. The van der Waals surface area contributed by atoms with E-state index in [9.17, 15) is 17.6 Å². The fourth-order valence-corrected chi connectivity index (χ4v) is 5.20. The maximum atomic E-state index is 13.0. The fraction of sp³-hybridized carbons (Fsp3) is 0.190. The number of hydrogen-bond acceptors (Lipinski definition) is 4. The number of carbonyl (C=O) groups excluding carboxylic acids is 1. The molecular weight excluding hydrogens is 411 g/mol. The van der Waals surface area contributed by atoms with Crippen LogP contribution in [-0.2, 0) is 16.4 Å². The third-order valence-corrected chi connectivity index (χ3v) is 6.87. The summed E-state index contributed by atoms with van der Waals surface area (Å²) in [5, 5.41) is 1.59. The molecule has 0 saturated heterocycles. The summed E-state index contributed by atoms with van der Waals surface area (Å²) in [4.78, 5) is 14.4. The number of likely N-dealkylation sites (N-methyl/N-ethyl adjacent to an activating group) is 1. The van der Waals surface area contributed by atoms with Crippen molar-refractivity contribution in [3.8, 4) is 0 Å². The van der Waals surface area contributed by atoms with E-state index in [4.69, 9.17) is 0 Å². The molecule has 0 saturated carbocycles. The number of benzene rings is 2. The van der Waals surface area contributed by atoms with Gasteiger partial charge in [0.05, 0.1) is 0 Å². The van der Waals surface area contributed by atoms with Gasteiger partial charge in [-0.1, -0.05) is 29.8 Å². The van der Waals surface area contributed by atoms with Crippen molar-refractivity contribution < 1.29 is 17.6 Å². The van der Waals surface area contributed by atoms with Crippen LogP contribution in [0.1, 0.15) is 20.8 Å². The highest BCUT2D eigenvalue weighted by Gasteiger charge is 2.26. The number of hydrogen-bond donors (Lipinski definition) is 1. The average molecular weight is 433 g/mol. The van der Waals surface area contributed by atoms with Crippen molar-refractivity contribution in [1.29, 1.82) is 0 Å². The molecular formula is C21H21FN2O3S2. The lowest BCUT2D eigenvalue weighted by Gasteiger charge is -2.17. The maximum Gasteiger partial charge on any atom is 0.265 e. The van der Waals surface area contributed by atoms with Crippen LogP contribution < -0.4 is 4.72 Å². The lowest BCUT2D eigenvalue weighted by Crippen LogP contribution is -2.29. The van der Waals surface area contributed by atoms with Gasteiger partial charge in [0.25, 0.3) is 15.9 Å². The number of carbonyl (C=O) groups is 1. The lowest BCUT2D eigenvalue weighted by atomic mass is 10.1. The van der Waals surface area contributed by atoms with Crippen LogP contribution in [0.4, 0.5) is 10.1 Å². The van der Waals surface area contributed by atoms with E-state index in [0.29, 0.717) is 18.7 Å². The maximum absolute atomic E-state index is 13.0. The molecule has 8 heteroatoms. The minimum absolute atomic E-state index is 0.0401. The molecule has 0 radical (unpaired) electrons. The van der Waals surface area contributed by atoms with Crippen LogP contribution in [0, 0.1) is 12.7 Å². The molecule has 1 amide bonds. The number of aryl methyl sites for hydroxylation is 1. The minimum atomic E-state index is -3.89. The Bertz CT molecular complexity index is 1090. The molecule has 0 atom stereocenters. The molecule has 0 aliphatic rings. The molecule has 0 fully saturated rings. The number of anilines is 1. The summed E-state index contributed by atoms with van der Waals surface area (Å²) < 4.78 is 41.1. The van der Waals surface area contributed by atoms with Gasteiger partial charge in [0.15, 0.2) is 0 Å². The van der Waals surface area contributed by atoms with Gasteiger partial charge in [-0.15, -0.1) is 11.3 Å². The summed E-state index contributed by atoms with van der Waals surface area (Å²) in [6.45, 7) is 2.29.